The van der Waals surface area contributed by atoms with Gasteiger partial charge >= 0.3 is 0 Å². The van der Waals surface area contributed by atoms with Crippen LogP contribution < -0.4 is 0 Å². The summed E-state index contributed by atoms with van der Waals surface area (Å²) < 4.78 is 10.7. The second kappa shape index (κ2) is 2.44. The van der Waals surface area contributed by atoms with Gasteiger partial charge in [0.2, 0.25) is 0 Å². The van der Waals surface area contributed by atoms with Crippen LogP contribution in [0.25, 0.3) is 0 Å². The van der Waals surface area contributed by atoms with E-state index in [1.807, 2.05) is 6.92 Å². The van der Waals surface area contributed by atoms with Crippen LogP contribution >= 0.6 is 0 Å². The highest BCUT2D eigenvalue weighted by Crippen LogP contribution is 2.36. The standard InChI is InChI=1S/C8H14O3/c1-2-8(9)4-3-6-5-10-7(8)11-6/h6-7,9H,2-5H2,1H3/t6-,7+,8-/m0/s1. The van der Waals surface area contributed by atoms with Crippen molar-refractivity contribution in [3.8, 4) is 0 Å². The lowest BCUT2D eigenvalue weighted by Crippen LogP contribution is -2.45. The average molecular weight is 158 g/mol. The largest absolute Gasteiger partial charge is 0.385 e. The third-order valence-corrected chi connectivity index (χ3v) is 2.70. The monoisotopic (exact) mass is 158 g/mol. The second-order valence-corrected chi connectivity index (χ2v) is 3.42. The molecule has 0 spiro atoms. The molecule has 0 aliphatic carbocycles. The van der Waals surface area contributed by atoms with Crippen molar-refractivity contribution < 1.29 is 14.6 Å². The van der Waals surface area contributed by atoms with Crippen molar-refractivity contribution in [3.63, 3.8) is 0 Å². The number of hydrogen-bond acceptors (Lipinski definition) is 3. The Balaban J connectivity index is 2.12. The van der Waals surface area contributed by atoms with E-state index in [0.29, 0.717) is 13.0 Å². The zero-order valence-corrected chi connectivity index (χ0v) is 6.75. The van der Waals surface area contributed by atoms with E-state index in [2.05, 4.69) is 0 Å². The third-order valence-electron chi connectivity index (χ3n) is 2.70. The van der Waals surface area contributed by atoms with Gasteiger partial charge in [0.1, 0.15) is 5.60 Å². The summed E-state index contributed by atoms with van der Waals surface area (Å²) in [5.41, 5.74) is -0.715. The summed E-state index contributed by atoms with van der Waals surface area (Å²) in [6, 6.07) is 0. The van der Waals surface area contributed by atoms with E-state index in [1.54, 1.807) is 0 Å². The highest BCUT2D eigenvalue weighted by Gasteiger charge is 2.46. The SMILES string of the molecule is CC[C@]1(O)CC[C@H]2CO[C@@H]1O2. The van der Waals surface area contributed by atoms with Crippen LogP contribution in [0.15, 0.2) is 0 Å². The molecule has 3 atom stereocenters. The van der Waals surface area contributed by atoms with Crippen LogP contribution in [0.2, 0.25) is 0 Å². The lowest BCUT2D eigenvalue weighted by Gasteiger charge is -2.35. The summed E-state index contributed by atoms with van der Waals surface area (Å²) in [4.78, 5) is 0. The quantitative estimate of drug-likeness (QED) is 0.609. The maximum Gasteiger partial charge on any atom is 0.186 e. The number of hydrogen-bond donors (Lipinski definition) is 1. The van der Waals surface area contributed by atoms with Crippen LogP contribution in [0.4, 0.5) is 0 Å². The van der Waals surface area contributed by atoms with Crippen LogP contribution in [-0.2, 0) is 9.47 Å². The zero-order valence-electron chi connectivity index (χ0n) is 6.75. The maximum absolute atomic E-state index is 9.92. The Morgan fingerprint density at radius 1 is 1.64 bits per heavy atom. The van der Waals surface area contributed by atoms with E-state index in [-0.39, 0.29) is 12.4 Å². The van der Waals surface area contributed by atoms with Gasteiger partial charge in [0.15, 0.2) is 6.29 Å². The maximum atomic E-state index is 9.92. The number of rotatable bonds is 1. The van der Waals surface area contributed by atoms with Gasteiger partial charge in [-0.2, -0.15) is 0 Å². The summed E-state index contributed by atoms with van der Waals surface area (Å²) in [5, 5.41) is 9.92. The van der Waals surface area contributed by atoms with Crippen molar-refractivity contribution in [1.82, 2.24) is 0 Å². The van der Waals surface area contributed by atoms with Crippen molar-refractivity contribution >= 4 is 0 Å². The van der Waals surface area contributed by atoms with Crippen molar-refractivity contribution in [2.75, 3.05) is 6.61 Å². The molecule has 2 heterocycles. The van der Waals surface area contributed by atoms with Crippen molar-refractivity contribution in [3.05, 3.63) is 0 Å². The van der Waals surface area contributed by atoms with E-state index < -0.39 is 5.60 Å². The Morgan fingerprint density at radius 2 is 2.45 bits per heavy atom. The smallest absolute Gasteiger partial charge is 0.186 e. The molecular weight excluding hydrogens is 144 g/mol. The molecule has 2 aliphatic rings. The van der Waals surface area contributed by atoms with Crippen LogP contribution in [0.1, 0.15) is 26.2 Å². The summed E-state index contributed by atoms with van der Waals surface area (Å²) in [7, 11) is 0. The summed E-state index contributed by atoms with van der Waals surface area (Å²) in [5.74, 6) is 0. The molecule has 0 saturated carbocycles. The summed E-state index contributed by atoms with van der Waals surface area (Å²) >= 11 is 0. The van der Waals surface area contributed by atoms with E-state index in [4.69, 9.17) is 9.47 Å². The zero-order chi connectivity index (χ0) is 7.90. The second-order valence-electron chi connectivity index (χ2n) is 3.42. The number of ether oxygens (including phenoxy) is 2. The van der Waals surface area contributed by atoms with Gasteiger partial charge in [0.05, 0.1) is 12.7 Å². The molecule has 1 N–H and O–H groups in total. The molecule has 11 heavy (non-hydrogen) atoms. The minimum atomic E-state index is -0.715. The fourth-order valence-electron chi connectivity index (χ4n) is 1.75. The molecular formula is C8H14O3. The molecule has 3 heteroatoms. The third kappa shape index (κ3) is 1.08. The number of aliphatic hydroxyl groups is 1. The van der Waals surface area contributed by atoms with Crippen LogP contribution in [0.3, 0.4) is 0 Å². The van der Waals surface area contributed by atoms with E-state index >= 15 is 0 Å². The molecule has 2 bridgehead atoms. The summed E-state index contributed by atoms with van der Waals surface area (Å²) in [6.45, 7) is 2.62. The Bertz CT molecular complexity index is 159. The molecule has 3 nitrogen and oxygen atoms in total. The van der Waals surface area contributed by atoms with Gasteiger partial charge in [0.25, 0.3) is 0 Å². The van der Waals surface area contributed by atoms with Crippen LogP contribution in [0.5, 0.6) is 0 Å². The average Bonchev–Trinajstić information content (AvgIpc) is 2.44. The fraction of sp³-hybridized carbons (Fsp3) is 1.00. The van der Waals surface area contributed by atoms with E-state index in [1.165, 1.54) is 0 Å². The van der Waals surface area contributed by atoms with Crippen molar-refractivity contribution in [2.24, 2.45) is 0 Å². The predicted molar refractivity (Wildman–Crippen MR) is 39.1 cm³/mol. The highest BCUT2D eigenvalue weighted by atomic mass is 16.7. The van der Waals surface area contributed by atoms with Gasteiger partial charge in [-0.15, -0.1) is 0 Å². The molecule has 0 unspecified atom stereocenters. The van der Waals surface area contributed by atoms with Gasteiger partial charge in [-0.3, -0.25) is 0 Å². The predicted octanol–water partition coefficient (Wildman–Crippen LogP) is 0.663. The van der Waals surface area contributed by atoms with E-state index in [0.717, 1.165) is 12.8 Å². The first kappa shape index (κ1) is 7.53. The van der Waals surface area contributed by atoms with Crippen LogP contribution in [0, 0.1) is 0 Å². The molecule has 0 radical (unpaired) electrons. The van der Waals surface area contributed by atoms with Gasteiger partial charge < -0.3 is 14.6 Å². The molecule has 0 aromatic carbocycles. The summed E-state index contributed by atoms with van der Waals surface area (Å²) in [6.07, 6.45) is 2.35. The minimum Gasteiger partial charge on any atom is -0.385 e. The molecule has 2 saturated heterocycles. The molecule has 0 aromatic rings. The molecule has 2 fully saturated rings. The van der Waals surface area contributed by atoms with Gasteiger partial charge in [-0.25, -0.2) is 0 Å². The molecule has 2 aliphatic heterocycles. The van der Waals surface area contributed by atoms with Crippen molar-refractivity contribution in [2.45, 2.75) is 44.2 Å². The highest BCUT2D eigenvalue weighted by molar-refractivity contribution is 4.90. The normalized spacial score (nSPS) is 49.6. The molecule has 0 aromatic heterocycles. The van der Waals surface area contributed by atoms with Gasteiger partial charge in [0, 0.05) is 0 Å². The minimum absolute atomic E-state index is 0.242. The first-order valence-corrected chi connectivity index (χ1v) is 4.24. The Morgan fingerprint density at radius 3 is 3.18 bits per heavy atom. The molecule has 64 valence electrons. The molecule has 2 rings (SSSR count). The Kier molecular flexibility index (Phi) is 1.67. The van der Waals surface area contributed by atoms with Crippen LogP contribution in [-0.4, -0.2) is 29.7 Å². The van der Waals surface area contributed by atoms with Gasteiger partial charge in [-0.1, -0.05) is 6.92 Å². The lowest BCUT2D eigenvalue weighted by atomic mass is 9.91. The first-order chi connectivity index (χ1) is 5.24. The Labute approximate surface area is 66.3 Å². The van der Waals surface area contributed by atoms with Crippen molar-refractivity contribution in [1.29, 1.82) is 0 Å². The fourth-order valence-corrected chi connectivity index (χ4v) is 1.75. The number of fused-ring (bicyclic) bond motifs is 2. The van der Waals surface area contributed by atoms with Gasteiger partial charge in [-0.05, 0) is 19.3 Å². The topological polar surface area (TPSA) is 38.7 Å². The Hall–Kier alpha value is -0.120. The van der Waals surface area contributed by atoms with E-state index in [9.17, 15) is 5.11 Å². The first-order valence-electron chi connectivity index (χ1n) is 4.24. The molecule has 0 amide bonds. The lowest BCUT2D eigenvalue weighted by molar-refractivity contribution is -0.212.